The van der Waals surface area contributed by atoms with E-state index in [4.69, 9.17) is 0 Å². The SMILES string of the molecule is COC(=O)c1ccc(-n2nc(Br)cc2C)cc1. The molecule has 1 heterocycles. The number of carbonyl (C=O) groups is 1. The zero-order valence-electron chi connectivity index (χ0n) is 9.48. The Hall–Kier alpha value is -1.62. The van der Waals surface area contributed by atoms with E-state index in [2.05, 4.69) is 25.8 Å². The Kier molecular flexibility index (Phi) is 3.28. The Labute approximate surface area is 107 Å². The molecular weight excluding hydrogens is 284 g/mol. The van der Waals surface area contributed by atoms with E-state index in [0.29, 0.717) is 5.56 Å². The van der Waals surface area contributed by atoms with Gasteiger partial charge >= 0.3 is 5.97 Å². The Morgan fingerprint density at radius 2 is 2.00 bits per heavy atom. The van der Waals surface area contributed by atoms with Crippen LogP contribution in [0.1, 0.15) is 16.1 Å². The number of ether oxygens (including phenoxy) is 1. The van der Waals surface area contributed by atoms with Crippen LogP contribution in [0.5, 0.6) is 0 Å². The fraction of sp³-hybridized carbons (Fsp3) is 0.167. The minimum absolute atomic E-state index is 0.338. The van der Waals surface area contributed by atoms with Gasteiger partial charge in [0.05, 0.1) is 18.4 Å². The van der Waals surface area contributed by atoms with Crippen LogP contribution >= 0.6 is 15.9 Å². The van der Waals surface area contributed by atoms with Gasteiger partial charge in [0.1, 0.15) is 4.60 Å². The van der Waals surface area contributed by atoms with Crippen LogP contribution < -0.4 is 0 Å². The summed E-state index contributed by atoms with van der Waals surface area (Å²) in [5, 5.41) is 4.29. The molecule has 1 aromatic carbocycles. The van der Waals surface area contributed by atoms with E-state index >= 15 is 0 Å². The summed E-state index contributed by atoms with van der Waals surface area (Å²) < 4.78 is 7.22. The molecule has 5 heteroatoms. The average molecular weight is 295 g/mol. The predicted octanol–water partition coefficient (Wildman–Crippen LogP) is 2.73. The number of hydrogen-bond donors (Lipinski definition) is 0. The van der Waals surface area contributed by atoms with E-state index in [-0.39, 0.29) is 5.97 Å². The van der Waals surface area contributed by atoms with Gasteiger partial charge in [0, 0.05) is 5.69 Å². The van der Waals surface area contributed by atoms with E-state index < -0.39 is 0 Å². The molecule has 0 saturated heterocycles. The standard InChI is InChI=1S/C12H11BrN2O2/c1-8-7-11(13)14-15(8)10-5-3-9(4-6-10)12(16)17-2/h3-7H,1-2H3. The maximum Gasteiger partial charge on any atom is 0.337 e. The van der Waals surface area contributed by atoms with Crippen molar-refractivity contribution in [3.8, 4) is 5.69 Å². The van der Waals surface area contributed by atoms with E-state index in [0.717, 1.165) is 16.0 Å². The van der Waals surface area contributed by atoms with Gasteiger partial charge in [-0.1, -0.05) is 0 Å². The maximum atomic E-state index is 11.3. The highest BCUT2D eigenvalue weighted by Gasteiger charge is 2.07. The van der Waals surface area contributed by atoms with Gasteiger partial charge in [-0.05, 0) is 53.2 Å². The summed E-state index contributed by atoms with van der Waals surface area (Å²) in [6.07, 6.45) is 0. The smallest absolute Gasteiger partial charge is 0.337 e. The highest BCUT2D eigenvalue weighted by molar-refractivity contribution is 9.10. The van der Waals surface area contributed by atoms with Gasteiger partial charge in [0.2, 0.25) is 0 Å². The van der Waals surface area contributed by atoms with Crippen LogP contribution in [0.15, 0.2) is 34.9 Å². The molecule has 0 aliphatic rings. The van der Waals surface area contributed by atoms with Crippen LogP contribution in [0.3, 0.4) is 0 Å². The lowest BCUT2D eigenvalue weighted by Crippen LogP contribution is -2.03. The number of benzene rings is 1. The molecular formula is C12H11BrN2O2. The first-order chi connectivity index (χ1) is 8.11. The van der Waals surface area contributed by atoms with Gasteiger partial charge < -0.3 is 4.74 Å². The molecule has 0 amide bonds. The van der Waals surface area contributed by atoms with Crippen molar-refractivity contribution in [3.05, 3.63) is 46.2 Å². The highest BCUT2D eigenvalue weighted by atomic mass is 79.9. The maximum absolute atomic E-state index is 11.3. The third-order valence-electron chi connectivity index (χ3n) is 2.39. The molecule has 1 aromatic heterocycles. The first-order valence-corrected chi connectivity index (χ1v) is 5.82. The fourth-order valence-electron chi connectivity index (χ4n) is 1.55. The molecule has 0 atom stereocenters. The quantitative estimate of drug-likeness (QED) is 0.800. The van der Waals surface area contributed by atoms with Crippen LogP contribution in [0.4, 0.5) is 0 Å². The molecule has 0 saturated carbocycles. The molecule has 0 N–H and O–H groups in total. The lowest BCUT2D eigenvalue weighted by atomic mass is 10.2. The van der Waals surface area contributed by atoms with E-state index in [1.165, 1.54) is 7.11 Å². The Morgan fingerprint density at radius 3 is 2.47 bits per heavy atom. The topological polar surface area (TPSA) is 44.1 Å². The monoisotopic (exact) mass is 294 g/mol. The van der Waals surface area contributed by atoms with Crippen molar-refractivity contribution in [2.24, 2.45) is 0 Å². The molecule has 0 aliphatic heterocycles. The van der Waals surface area contributed by atoms with E-state index in [1.54, 1.807) is 16.8 Å². The molecule has 0 radical (unpaired) electrons. The minimum atomic E-state index is -0.338. The van der Waals surface area contributed by atoms with Gasteiger partial charge in [-0.25, -0.2) is 9.48 Å². The van der Waals surface area contributed by atoms with Crippen LogP contribution in [0, 0.1) is 6.92 Å². The van der Waals surface area contributed by atoms with Crippen molar-refractivity contribution in [1.82, 2.24) is 9.78 Å². The number of nitrogens with zero attached hydrogens (tertiary/aromatic N) is 2. The highest BCUT2D eigenvalue weighted by Crippen LogP contribution is 2.16. The largest absolute Gasteiger partial charge is 0.465 e. The second kappa shape index (κ2) is 4.71. The zero-order chi connectivity index (χ0) is 12.4. The van der Waals surface area contributed by atoms with Crippen molar-refractivity contribution in [2.75, 3.05) is 7.11 Å². The minimum Gasteiger partial charge on any atom is -0.465 e. The molecule has 0 aliphatic carbocycles. The Morgan fingerprint density at radius 1 is 1.35 bits per heavy atom. The Bertz CT molecular complexity index is 546. The molecule has 2 rings (SSSR count). The molecule has 0 spiro atoms. The lowest BCUT2D eigenvalue weighted by Gasteiger charge is -2.05. The molecule has 0 unspecified atom stereocenters. The van der Waals surface area contributed by atoms with Crippen LogP contribution in [0.25, 0.3) is 5.69 Å². The number of hydrogen-bond acceptors (Lipinski definition) is 3. The number of esters is 1. The first-order valence-electron chi connectivity index (χ1n) is 5.03. The first kappa shape index (κ1) is 11.9. The third kappa shape index (κ3) is 2.39. The van der Waals surface area contributed by atoms with Crippen molar-refractivity contribution in [2.45, 2.75) is 6.92 Å². The average Bonchev–Trinajstić information content (AvgIpc) is 2.68. The molecule has 0 fully saturated rings. The number of rotatable bonds is 2. The van der Waals surface area contributed by atoms with Crippen molar-refractivity contribution >= 4 is 21.9 Å². The summed E-state index contributed by atoms with van der Waals surface area (Å²) in [7, 11) is 1.37. The van der Waals surface area contributed by atoms with E-state index in [1.807, 2.05) is 25.1 Å². The summed E-state index contributed by atoms with van der Waals surface area (Å²) in [4.78, 5) is 11.3. The molecule has 4 nitrogen and oxygen atoms in total. The van der Waals surface area contributed by atoms with Gasteiger partial charge in [0.25, 0.3) is 0 Å². The number of aryl methyl sites for hydroxylation is 1. The predicted molar refractivity (Wildman–Crippen MR) is 67.3 cm³/mol. The lowest BCUT2D eigenvalue weighted by molar-refractivity contribution is 0.0601. The second-order valence-electron chi connectivity index (χ2n) is 3.56. The van der Waals surface area contributed by atoms with Gasteiger partial charge in [-0.3, -0.25) is 0 Å². The number of aromatic nitrogens is 2. The van der Waals surface area contributed by atoms with Crippen LogP contribution in [-0.2, 0) is 4.74 Å². The zero-order valence-corrected chi connectivity index (χ0v) is 11.1. The second-order valence-corrected chi connectivity index (χ2v) is 4.37. The van der Waals surface area contributed by atoms with Crippen molar-refractivity contribution in [1.29, 1.82) is 0 Å². The van der Waals surface area contributed by atoms with Gasteiger partial charge in [-0.15, -0.1) is 0 Å². The summed E-state index contributed by atoms with van der Waals surface area (Å²) in [6.45, 7) is 1.96. The van der Waals surface area contributed by atoms with E-state index in [9.17, 15) is 4.79 Å². The summed E-state index contributed by atoms with van der Waals surface area (Å²) in [6, 6.07) is 9.03. The summed E-state index contributed by atoms with van der Waals surface area (Å²) >= 11 is 3.32. The van der Waals surface area contributed by atoms with Crippen LogP contribution in [0.2, 0.25) is 0 Å². The fourth-order valence-corrected chi connectivity index (χ4v) is 2.04. The molecule has 2 aromatic rings. The van der Waals surface area contributed by atoms with Crippen molar-refractivity contribution in [3.63, 3.8) is 0 Å². The van der Waals surface area contributed by atoms with Crippen LogP contribution in [-0.4, -0.2) is 22.9 Å². The number of halogens is 1. The number of carbonyl (C=O) groups excluding carboxylic acids is 1. The third-order valence-corrected chi connectivity index (χ3v) is 2.78. The molecule has 17 heavy (non-hydrogen) atoms. The van der Waals surface area contributed by atoms with Gasteiger partial charge in [0.15, 0.2) is 0 Å². The van der Waals surface area contributed by atoms with Gasteiger partial charge in [-0.2, -0.15) is 5.10 Å². The number of methoxy groups -OCH3 is 1. The summed E-state index contributed by atoms with van der Waals surface area (Å²) in [5.74, 6) is -0.338. The molecule has 0 bridgehead atoms. The molecule has 88 valence electrons. The Balaban J connectivity index is 2.35. The normalized spacial score (nSPS) is 10.3. The summed E-state index contributed by atoms with van der Waals surface area (Å²) in [5.41, 5.74) is 2.45. The van der Waals surface area contributed by atoms with Crippen molar-refractivity contribution < 1.29 is 9.53 Å².